The first kappa shape index (κ1) is 18.6. The Morgan fingerprint density at radius 1 is 1.12 bits per heavy atom. The lowest BCUT2D eigenvalue weighted by atomic mass is 10.1. The lowest BCUT2D eigenvalue weighted by molar-refractivity contribution is 0.534. The Kier molecular flexibility index (Phi) is 6.00. The number of imidazole rings is 1. The maximum atomic E-state index is 6.45. The van der Waals surface area contributed by atoms with E-state index in [0.29, 0.717) is 15.1 Å². The minimum Gasteiger partial charge on any atom is -0.302 e. The van der Waals surface area contributed by atoms with Gasteiger partial charge in [0.15, 0.2) is 0 Å². The van der Waals surface area contributed by atoms with Gasteiger partial charge in [0, 0.05) is 24.5 Å². The molecule has 132 valence electrons. The summed E-state index contributed by atoms with van der Waals surface area (Å²) in [6, 6.07) is 3.42. The van der Waals surface area contributed by atoms with Crippen molar-refractivity contribution in [2.45, 2.75) is 31.3 Å². The maximum Gasteiger partial charge on any atom is 0.119 e. The van der Waals surface area contributed by atoms with Gasteiger partial charge in [0.25, 0.3) is 0 Å². The van der Waals surface area contributed by atoms with Crippen molar-refractivity contribution < 1.29 is 0 Å². The zero-order chi connectivity index (χ0) is 18.0. The van der Waals surface area contributed by atoms with E-state index in [1.165, 1.54) is 0 Å². The van der Waals surface area contributed by atoms with E-state index in [4.69, 9.17) is 39.9 Å². The van der Waals surface area contributed by atoms with Gasteiger partial charge in [-0.05, 0) is 24.8 Å². The van der Waals surface area contributed by atoms with Gasteiger partial charge in [-0.3, -0.25) is 4.68 Å². The van der Waals surface area contributed by atoms with Crippen LogP contribution in [0.2, 0.25) is 15.1 Å². The summed E-state index contributed by atoms with van der Waals surface area (Å²) in [5, 5.41) is 7.29. The number of halogens is 3. The lowest BCUT2D eigenvalue weighted by Gasteiger charge is -2.08. The molecule has 0 bridgehead atoms. The van der Waals surface area contributed by atoms with E-state index < -0.39 is 0 Å². The molecular formula is C17H17Cl3N4S. The summed E-state index contributed by atoms with van der Waals surface area (Å²) >= 11 is 20.4. The molecular weight excluding hydrogens is 399 g/mol. The van der Waals surface area contributed by atoms with Crippen LogP contribution in [-0.4, -0.2) is 25.6 Å². The molecule has 4 nitrogen and oxygen atoms in total. The van der Waals surface area contributed by atoms with Gasteiger partial charge in [-0.1, -0.05) is 48.1 Å². The van der Waals surface area contributed by atoms with Crippen molar-refractivity contribution in [2.24, 2.45) is 0 Å². The van der Waals surface area contributed by atoms with Crippen LogP contribution in [0.4, 0.5) is 0 Å². The van der Waals surface area contributed by atoms with Crippen LogP contribution >= 0.6 is 46.6 Å². The van der Waals surface area contributed by atoms with Crippen molar-refractivity contribution in [3.63, 3.8) is 0 Å². The first-order valence-corrected chi connectivity index (χ1v) is 10.2. The fraction of sp³-hybridized carbons (Fsp3) is 0.294. The summed E-state index contributed by atoms with van der Waals surface area (Å²) in [6.45, 7) is 3.00. The topological polar surface area (TPSA) is 35.6 Å². The number of nitrogens with zero attached hydrogens (tertiary/aromatic N) is 4. The molecule has 0 spiro atoms. The first-order chi connectivity index (χ1) is 12.1. The molecule has 0 radical (unpaired) electrons. The van der Waals surface area contributed by atoms with E-state index in [1.54, 1.807) is 36.4 Å². The molecule has 1 aromatic carbocycles. The Morgan fingerprint density at radius 2 is 1.88 bits per heavy atom. The summed E-state index contributed by atoms with van der Waals surface area (Å²) in [6.07, 6.45) is 9.59. The van der Waals surface area contributed by atoms with Gasteiger partial charge in [-0.2, -0.15) is 5.10 Å². The Morgan fingerprint density at radius 3 is 2.52 bits per heavy atom. The standard InChI is InChI=1S/C17H17Cl3N4S/c1-3-4-6-24-17(25-2)16(23-7-5-21-10-23)15(22-24)11-8-13(19)14(20)9-12(11)18/h5,7-10H,3-4,6H2,1-2H3. The molecule has 0 atom stereocenters. The molecule has 0 N–H and O–H groups in total. The predicted octanol–water partition coefficient (Wildman–Crippen LogP) is 6.22. The number of hydrogen-bond donors (Lipinski definition) is 0. The summed E-state index contributed by atoms with van der Waals surface area (Å²) in [4.78, 5) is 4.17. The van der Waals surface area contributed by atoms with Crippen molar-refractivity contribution in [1.82, 2.24) is 19.3 Å². The number of unbranched alkanes of at least 4 members (excludes halogenated alkanes) is 1. The minimum absolute atomic E-state index is 0.426. The van der Waals surface area contributed by atoms with Crippen molar-refractivity contribution >= 4 is 46.6 Å². The van der Waals surface area contributed by atoms with Gasteiger partial charge >= 0.3 is 0 Å². The molecule has 8 heteroatoms. The maximum absolute atomic E-state index is 6.45. The van der Waals surface area contributed by atoms with Gasteiger partial charge in [0.2, 0.25) is 0 Å². The van der Waals surface area contributed by atoms with Gasteiger partial charge < -0.3 is 4.57 Å². The number of aromatic nitrogens is 4. The number of thioether (sulfide) groups is 1. The molecule has 3 aromatic rings. The van der Waals surface area contributed by atoms with Crippen molar-refractivity contribution in [1.29, 1.82) is 0 Å². The highest BCUT2D eigenvalue weighted by Crippen LogP contribution is 2.40. The zero-order valence-corrected chi connectivity index (χ0v) is 16.9. The summed E-state index contributed by atoms with van der Waals surface area (Å²) < 4.78 is 3.98. The molecule has 3 rings (SSSR count). The van der Waals surface area contributed by atoms with Crippen LogP contribution in [0.1, 0.15) is 19.8 Å². The highest BCUT2D eigenvalue weighted by molar-refractivity contribution is 7.98. The van der Waals surface area contributed by atoms with Crippen LogP contribution in [0.3, 0.4) is 0 Å². The molecule has 2 aromatic heterocycles. The molecule has 2 heterocycles. The van der Waals surface area contributed by atoms with E-state index in [0.717, 1.165) is 41.4 Å². The Labute approximate surface area is 166 Å². The predicted molar refractivity (Wildman–Crippen MR) is 107 cm³/mol. The van der Waals surface area contributed by atoms with Gasteiger partial charge in [-0.25, -0.2) is 4.98 Å². The normalized spacial score (nSPS) is 11.2. The highest BCUT2D eigenvalue weighted by Gasteiger charge is 2.22. The molecule has 0 aliphatic carbocycles. The Balaban J connectivity index is 2.25. The number of rotatable bonds is 6. The molecule has 0 fully saturated rings. The van der Waals surface area contributed by atoms with Crippen LogP contribution in [0.5, 0.6) is 0 Å². The minimum atomic E-state index is 0.426. The lowest BCUT2D eigenvalue weighted by Crippen LogP contribution is -2.02. The Bertz CT molecular complexity index is 875. The second-order valence-corrected chi connectivity index (χ2v) is 7.52. The van der Waals surface area contributed by atoms with E-state index in [1.807, 2.05) is 21.7 Å². The third-order valence-corrected chi connectivity index (χ3v) is 5.65. The number of hydrogen-bond acceptors (Lipinski definition) is 3. The fourth-order valence-electron chi connectivity index (χ4n) is 2.61. The molecule has 0 amide bonds. The SMILES string of the molecule is CCCCn1nc(-c2cc(Cl)c(Cl)cc2Cl)c(-n2ccnc2)c1SC. The molecule has 0 aliphatic rings. The average molecular weight is 416 g/mol. The summed E-state index contributed by atoms with van der Waals surface area (Å²) in [5.41, 5.74) is 2.47. The molecule has 25 heavy (non-hydrogen) atoms. The van der Waals surface area contributed by atoms with Crippen LogP contribution in [-0.2, 0) is 6.54 Å². The smallest absolute Gasteiger partial charge is 0.119 e. The highest BCUT2D eigenvalue weighted by atomic mass is 35.5. The second kappa shape index (κ2) is 8.04. The third kappa shape index (κ3) is 3.70. The largest absolute Gasteiger partial charge is 0.302 e. The zero-order valence-electron chi connectivity index (χ0n) is 13.8. The van der Waals surface area contributed by atoms with E-state index in [2.05, 4.69) is 11.9 Å². The van der Waals surface area contributed by atoms with E-state index in [9.17, 15) is 0 Å². The van der Waals surface area contributed by atoms with Gasteiger partial charge in [0.05, 0.1) is 21.4 Å². The monoisotopic (exact) mass is 414 g/mol. The second-order valence-electron chi connectivity index (χ2n) is 5.50. The molecule has 0 saturated carbocycles. The molecule has 0 aliphatic heterocycles. The van der Waals surface area contributed by atoms with Crippen molar-refractivity contribution in [2.75, 3.05) is 6.26 Å². The Hall–Kier alpha value is -1.14. The third-order valence-electron chi connectivity index (χ3n) is 3.83. The van der Waals surface area contributed by atoms with Crippen LogP contribution in [0.25, 0.3) is 16.9 Å². The van der Waals surface area contributed by atoms with Crippen LogP contribution in [0.15, 0.2) is 35.9 Å². The van der Waals surface area contributed by atoms with Crippen LogP contribution < -0.4 is 0 Å². The first-order valence-electron chi connectivity index (χ1n) is 7.84. The number of benzene rings is 1. The quantitative estimate of drug-likeness (QED) is 0.354. The molecule has 0 saturated heterocycles. The fourth-order valence-corrected chi connectivity index (χ4v) is 3.98. The van der Waals surface area contributed by atoms with E-state index in [-0.39, 0.29) is 0 Å². The van der Waals surface area contributed by atoms with E-state index >= 15 is 0 Å². The van der Waals surface area contributed by atoms with Crippen molar-refractivity contribution in [3.05, 3.63) is 45.9 Å². The van der Waals surface area contributed by atoms with Crippen LogP contribution in [0, 0.1) is 0 Å². The summed E-state index contributed by atoms with van der Waals surface area (Å²) in [5.74, 6) is 0. The average Bonchev–Trinajstić information content (AvgIpc) is 3.23. The summed E-state index contributed by atoms with van der Waals surface area (Å²) in [7, 11) is 0. The van der Waals surface area contributed by atoms with Gasteiger partial charge in [0.1, 0.15) is 16.4 Å². The number of aryl methyl sites for hydroxylation is 1. The van der Waals surface area contributed by atoms with Crippen molar-refractivity contribution in [3.8, 4) is 16.9 Å². The van der Waals surface area contributed by atoms with Gasteiger partial charge in [-0.15, -0.1) is 11.8 Å². The molecule has 0 unspecified atom stereocenters.